The number of nitrogens with one attached hydrogen (secondary N) is 1. The van der Waals surface area contributed by atoms with Gasteiger partial charge in [-0.15, -0.1) is 0 Å². The maximum Gasteiger partial charge on any atom is 0.328 e. The summed E-state index contributed by atoms with van der Waals surface area (Å²) in [5, 5.41) is 14.9. The summed E-state index contributed by atoms with van der Waals surface area (Å²) < 4.78 is 4.75. The molecule has 1 aromatic heterocycles. The summed E-state index contributed by atoms with van der Waals surface area (Å²) >= 11 is 0. The van der Waals surface area contributed by atoms with Gasteiger partial charge in [0, 0.05) is 12.6 Å². The predicted molar refractivity (Wildman–Crippen MR) is 56.7 cm³/mol. The zero-order valence-electron chi connectivity index (χ0n) is 9.54. The molecular formula is C10H11N3O5. The largest absolute Gasteiger partial charge is 0.480 e. The minimum atomic E-state index is -1.18. The number of nitrogens with zero attached hydrogens (tertiary/aromatic N) is 2. The van der Waals surface area contributed by atoms with Gasteiger partial charge in [0.2, 0.25) is 5.91 Å². The first kappa shape index (κ1) is 12.1. The molecule has 96 valence electrons. The van der Waals surface area contributed by atoms with Crippen molar-refractivity contribution in [1.82, 2.24) is 15.4 Å². The van der Waals surface area contributed by atoms with Gasteiger partial charge < -0.3 is 19.8 Å². The van der Waals surface area contributed by atoms with Gasteiger partial charge in [0.25, 0.3) is 5.91 Å². The summed E-state index contributed by atoms with van der Waals surface area (Å²) in [5.74, 6) is -1.77. The molecule has 1 unspecified atom stereocenters. The van der Waals surface area contributed by atoms with E-state index in [4.69, 9.17) is 9.63 Å². The van der Waals surface area contributed by atoms with E-state index >= 15 is 0 Å². The predicted octanol–water partition coefficient (Wildman–Crippen LogP) is -0.992. The van der Waals surface area contributed by atoms with Crippen molar-refractivity contribution in [2.75, 3.05) is 13.1 Å². The highest BCUT2D eigenvalue weighted by Crippen LogP contribution is 2.11. The number of aliphatic carboxylic acids is 1. The quantitative estimate of drug-likeness (QED) is 0.699. The molecule has 2 heterocycles. The summed E-state index contributed by atoms with van der Waals surface area (Å²) in [6.07, 6.45) is 0. The summed E-state index contributed by atoms with van der Waals surface area (Å²) in [6, 6.07) is 0.306. The van der Waals surface area contributed by atoms with E-state index in [1.54, 1.807) is 6.92 Å². The molecule has 18 heavy (non-hydrogen) atoms. The molecule has 0 aliphatic carbocycles. The molecule has 0 bridgehead atoms. The molecule has 0 aromatic carbocycles. The van der Waals surface area contributed by atoms with E-state index < -0.39 is 23.8 Å². The minimum Gasteiger partial charge on any atom is -0.480 e. The zero-order chi connectivity index (χ0) is 13.3. The molecule has 1 atom stereocenters. The number of rotatable bonds is 2. The summed E-state index contributed by atoms with van der Waals surface area (Å²) in [4.78, 5) is 35.3. The van der Waals surface area contributed by atoms with Crippen molar-refractivity contribution in [3.05, 3.63) is 17.5 Å². The Hall–Kier alpha value is -2.38. The second-order valence-corrected chi connectivity index (χ2v) is 3.91. The first-order valence-corrected chi connectivity index (χ1v) is 5.23. The van der Waals surface area contributed by atoms with Crippen LogP contribution in [-0.4, -0.2) is 52.1 Å². The average Bonchev–Trinajstić information content (AvgIpc) is 2.74. The molecule has 8 heteroatoms. The number of piperazine rings is 1. The monoisotopic (exact) mass is 253 g/mol. The van der Waals surface area contributed by atoms with Crippen LogP contribution in [0.3, 0.4) is 0 Å². The maximum atomic E-state index is 12.0. The molecule has 1 aliphatic heterocycles. The Morgan fingerprint density at radius 1 is 1.61 bits per heavy atom. The molecule has 2 rings (SSSR count). The van der Waals surface area contributed by atoms with Crippen LogP contribution >= 0.6 is 0 Å². The Bertz CT molecular complexity index is 509. The lowest BCUT2D eigenvalue weighted by Gasteiger charge is -2.31. The Morgan fingerprint density at radius 2 is 2.33 bits per heavy atom. The first-order chi connectivity index (χ1) is 8.49. The third-order valence-corrected chi connectivity index (χ3v) is 2.58. The third-order valence-electron chi connectivity index (χ3n) is 2.58. The van der Waals surface area contributed by atoms with Gasteiger partial charge in [-0.3, -0.25) is 9.59 Å². The Morgan fingerprint density at radius 3 is 2.89 bits per heavy atom. The highest BCUT2D eigenvalue weighted by Gasteiger charge is 2.36. The first-order valence-electron chi connectivity index (χ1n) is 5.23. The van der Waals surface area contributed by atoms with Crippen LogP contribution in [0.2, 0.25) is 0 Å². The van der Waals surface area contributed by atoms with Gasteiger partial charge in [-0.2, -0.15) is 0 Å². The van der Waals surface area contributed by atoms with Crippen LogP contribution < -0.4 is 5.32 Å². The highest BCUT2D eigenvalue weighted by atomic mass is 16.5. The van der Waals surface area contributed by atoms with Gasteiger partial charge >= 0.3 is 5.97 Å². The highest BCUT2D eigenvalue weighted by molar-refractivity contribution is 5.98. The molecule has 8 nitrogen and oxygen atoms in total. The number of amides is 2. The Balaban J connectivity index is 2.25. The van der Waals surface area contributed by atoms with E-state index in [2.05, 4.69) is 10.5 Å². The molecule has 0 spiro atoms. The Labute approximate surface area is 102 Å². The number of hydrogen-bond donors (Lipinski definition) is 2. The fourth-order valence-electron chi connectivity index (χ4n) is 1.69. The van der Waals surface area contributed by atoms with Gasteiger partial charge in [-0.1, -0.05) is 5.16 Å². The molecule has 1 saturated heterocycles. The SMILES string of the molecule is Cc1cc(C(=O)N2CC(=O)NCC2C(=O)O)no1. The average molecular weight is 253 g/mol. The van der Waals surface area contributed by atoms with Crippen molar-refractivity contribution < 1.29 is 24.0 Å². The number of hydrogen-bond acceptors (Lipinski definition) is 5. The lowest BCUT2D eigenvalue weighted by Crippen LogP contribution is -2.59. The number of carboxylic acid groups (broad SMARTS) is 1. The van der Waals surface area contributed by atoms with Crippen LogP contribution in [0, 0.1) is 6.92 Å². The van der Waals surface area contributed by atoms with Gasteiger partial charge in [-0.25, -0.2) is 4.79 Å². The van der Waals surface area contributed by atoms with E-state index in [0.29, 0.717) is 5.76 Å². The zero-order valence-corrected chi connectivity index (χ0v) is 9.54. The van der Waals surface area contributed by atoms with Crippen LogP contribution in [-0.2, 0) is 9.59 Å². The molecule has 1 aromatic rings. The van der Waals surface area contributed by atoms with Crippen LogP contribution in [0.15, 0.2) is 10.6 Å². The van der Waals surface area contributed by atoms with Crippen molar-refractivity contribution in [1.29, 1.82) is 0 Å². The van der Waals surface area contributed by atoms with E-state index in [1.165, 1.54) is 6.07 Å². The fourth-order valence-corrected chi connectivity index (χ4v) is 1.69. The number of carboxylic acids is 1. The maximum absolute atomic E-state index is 12.0. The van der Waals surface area contributed by atoms with Crippen molar-refractivity contribution in [3.63, 3.8) is 0 Å². The van der Waals surface area contributed by atoms with E-state index in [-0.39, 0.29) is 18.8 Å². The van der Waals surface area contributed by atoms with Crippen LogP contribution in [0.25, 0.3) is 0 Å². The lowest BCUT2D eigenvalue weighted by molar-refractivity contribution is -0.144. The second kappa shape index (κ2) is 4.47. The van der Waals surface area contributed by atoms with Gasteiger partial charge in [0.1, 0.15) is 18.3 Å². The van der Waals surface area contributed by atoms with Crippen molar-refractivity contribution in [2.45, 2.75) is 13.0 Å². The van der Waals surface area contributed by atoms with E-state index in [1.807, 2.05) is 0 Å². The van der Waals surface area contributed by atoms with Crippen LogP contribution in [0.4, 0.5) is 0 Å². The molecule has 0 radical (unpaired) electrons. The number of aryl methyl sites for hydroxylation is 1. The third kappa shape index (κ3) is 2.17. The van der Waals surface area contributed by atoms with Crippen LogP contribution in [0.1, 0.15) is 16.2 Å². The van der Waals surface area contributed by atoms with Crippen LogP contribution in [0.5, 0.6) is 0 Å². The molecule has 2 N–H and O–H groups in total. The molecular weight excluding hydrogens is 242 g/mol. The molecule has 1 aliphatic rings. The van der Waals surface area contributed by atoms with E-state index in [0.717, 1.165) is 4.90 Å². The van der Waals surface area contributed by atoms with E-state index in [9.17, 15) is 14.4 Å². The number of carbonyl (C=O) groups is 3. The van der Waals surface area contributed by atoms with Crippen molar-refractivity contribution in [3.8, 4) is 0 Å². The van der Waals surface area contributed by atoms with Crippen molar-refractivity contribution in [2.24, 2.45) is 0 Å². The number of aromatic nitrogens is 1. The number of carbonyl (C=O) groups excluding carboxylic acids is 2. The summed E-state index contributed by atoms with van der Waals surface area (Å²) in [7, 11) is 0. The summed E-state index contributed by atoms with van der Waals surface area (Å²) in [6.45, 7) is 1.19. The smallest absolute Gasteiger partial charge is 0.328 e. The van der Waals surface area contributed by atoms with Crippen molar-refractivity contribution >= 4 is 17.8 Å². The molecule has 2 amide bonds. The molecule has 1 fully saturated rings. The van der Waals surface area contributed by atoms with Gasteiger partial charge in [0.05, 0.1) is 0 Å². The Kier molecular flexibility index (Phi) is 3.00. The molecule has 0 saturated carbocycles. The minimum absolute atomic E-state index is 0.00606. The standard InChI is InChI=1S/C10H11N3O5/c1-5-2-6(12-18-5)9(15)13-4-8(14)11-3-7(13)10(16)17/h2,7H,3-4H2,1H3,(H,11,14)(H,16,17). The lowest BCUT2D eigenvalue weighted by atomic mass is 10.1. The van der Waals surface area contributed by atoms with Gasteiger partial charge in [-0.05, 0) is 6.92 Å². The normalized spacial score (nSPS) is 19.5. The van der Waals surface area contributed by atoms with Gasteiger partial charge in [0.15, 0.2) is 5.69 Å². The summed E-state index contributed by atoms with van der Waals surface area (Å²) in [5.41, 5.74) is -0.00606. The second-order valence-electron chi connectivity index (χ2n) is 3.91. The fraction of sp³-hybridized carbons (Fsp3) is 0.400. The topological polar surface area (TPSA) is 113 Å².